The Hall–Kier alpha value is -4.14. The predicted octanol–water partition coefficient (Wildman–Crippen LogP) is 5.73. The molecule has 0 fully saturated rings. The molecule has 0 radical (unpaired) electrons. The fourth-order valence-electron chi connectivity index (χ4n) is 5.51. The van der Waals surface area contributed by atoms with Crippen molar-refractivity contribution in [2.24, 2.45) is 17.6 Å². The van der Waals surface area contributed by atoms with Gasteiger partial charge in [0.25, 0.3) is 0 Å². The third-order valence-corrected chi connectivity index (χ3v) is 7.61. The molecule has 1 aliphatic heterocycles. The number of nitrogens with two attached hydrogens (primary N) is 1. The molecule has 1 aliphatic rings. The van der Waals surface area contributed by atoms with E-state index in [1.54, 1.807) is 6.07 Å². The predicted molar refractivity (Wildman–Crippen MR) is 168 cm³/mol. The first kappa shape index (κ1) is 30.3. The maximum atomic E-state index is 13.2. The maximum Gasteiger partial charge on any atom is 0.165 e. The molecular formula is C35H40N6O2. The van der Waals surface area contributed by atoms with Crippen LogP contribution >= 0.6 is 0 Å². The summed E-state index contributed by atoms with van der Waals surface area (Å²) < 4.78 is 0. The van der Waals surface area contributed by atoms with Crippen LogP contribution in [0.2, 0.25) is 0 Å². The van der Waals surface area contributed by atoms with E-state index in [0.29, 0.717) is 61.4 Å². The van der Waals surface area contributed by atoms with Crippen molar-refractivity contribution in [2.45, 2.75) is 59.5 Å². The average Bonchev–Trinajstić information content (AvgIpc) is 2.98. The van der Waals surface area contributed by atoms with Gasteiger partial charge in [0.05, 0.1) is 34.2 Å². The number of carbonyl (C=O) groups excluding carboxylic acids is 2. The van der Waals surface area contributed by atoms with Crippen LogP contribution in [0.3, 0.4) is 0 Å². The first-order chi connectivity index (χ1) is 20.7. The molecule has 0 aliphatic carbocycles. The van der Waals surface area contributed by atoms with Crippen molar-refractivity contribution in [3.63, 3.8) is 0 Å². The first-order valence-electron chi connectivity index (χ1n) is 15.1. The van der Waals surface area contributed by atoms with Crippen molar-refractivity contribution in [3.8, 4) is 22.8 Å². The number of rotatable bonds is 6. The van der Waals surface area contributed by atoms with Crippen LogP contribution in [-0.2, 0) is 25.9 Å². The molecule has 0 unspecified atom stereocenters. The van der Waals surface area contributed by atoms with Crippen molar-refractivity contribution in [1.29, 1.82) is 0 Å². The number of aromatic nitrogens is 4. The van der Waals surface area contributed by atoms with Crippen LogP contribution < -0.4 is 5.73 Å². The Morgan fingerprint density at radius 1 is 0.791 bits per heavy atom. The molecule has 0 amide bonds. The first-order valence-corrected chi connectivity index (χ1v) is 15.1. The van der Waals surface area contributed by atoms with E-state index in [4.69, 9.17) is 25.7 Å². The van der Waals surface area contributed by atoms with E-state index in [2.05, 4.69) is 11.8 Å². The topological polar surface area (TPSA) is 115 Å². The van der Waals surface area contributed by atoms with Crippen LogP contribution in [-0.4, -0.2) is 50.0 Å². The van der Waals surface area contributed by atoms with E-state index in [0.717, 1.165) is 40.6 Å². The molecule has 8 heteroatoms. The fourth-order valence-corrected chi connectivity index (χ4v) is 5.51. The molecule has 8 nitrogen and oxygen atoms in total. The number of Topliss-reactive ketones (excluding diaryl/α,β-unsaturated/α-hetero) is 2. The highest BCUT2D eigenvalue weighted by Gasteiger charge is 2.19. The van der Waals surface area contributed by atoms with Crippen molar-refractivity contribution >= 4 is 11.6 Å². The van der Waals surface area contributed by atoms with E-state index in [9.17, 15) is 9.59 Å². The summed E-state index contributed by atoms with van der Waals surface area (Å²) in [5.41, 5.74) is 13.2. The Morgan fingerprint density at radius 2 is 1.35 bits per heavy atom. The van der Waals surface area contributed by atoms with Gasteiger partial charge in [-0.3, -0.25) is 24.5 Å². The number of carbonyl (C=O) groups is 2. The molecule has 0 saturated heterocycles. The summed E-state index contributed by atoms with van der Waals surface area (Å²) in [5, 5.41) is 0. The Labute approximate surface area is 253 Å². The SMILES string of the molecule is CC(C)C(=O)c1cc2nc(c1)-c1cc(C(=O)CCCN)cc(n1)CN(C)Cc1cccc(n1)-c1cccc(n1)C[C@H](C)C2. The number of nitrogens with zero attached hydrogens (tertiary/aromatic N) is 5. The van der Waals surface area contributed by atoms with Gasteiger partial charge in [-0.2, -0.15) is 0 Å². The monoisotopic (exact) mass is 576 g/mol. The molecule has 222 valence electrons. The normalized spacial score (nSPS) is 15.5. The smallest absolute Gasteiger partial charge is 0.165 e. The Morgan fingerprint density at radius 3 is 2.05 bits per heavy atom. The molecule has 0 spiro atoms. The van der Waals surface area contributed by atoms with Crippen LogP contribution in [0.1, 0.15) is 77.1 Å². The molecular weight excluding hydrogens is 536 g/mol. The van der Waals surface area contributed by atoms with Gasteiger partial charge in [0.15, 0.2) is 11.6 Å². The van der Waals surface area contributed by atoms with Gasteiger partial charge in [-0.15, -0.1) is 0 Å². The Balaban J connectivity index is 1.64. The van der Waals surface area contributed by atoms with E-state index in [-0.39, 0.29) is 23.4 Å². The quantitative estimate of drug-likeness (QED) is 0.290. The number of fused-ring (bicyclic) bond motifs is 10. The van der Waals surface area contributed by atoms with Gasteiger partial charge in [0.1, 0.15) is 0 Å². The molecule has 5 heterocycles. The standard InChI is InChI=1S/C35H40N6O2/c1-22(2)35(43)25-17-28-15-23(3)14-26-8-5-10-30(37-26)31-11-6-9-27(38-31)20-41(4)21-29-16-24(34(42)12-7-13-36)18-32(40-29)33(19-25)39-28/h5-6,8-11,16-19,22-23H,7,12-15,20-21,36H2,1-4H3/t23-/m0/s1. The molecule has 0 saturated carbocycles. The van der Waals surface area contributed by atoms with Crippen LogP contribution in [0.25, 0.3) is 22.8 Å². The second kappa shape index (κ2) is 13.4. The molecule has 5 rings (SSSR count). The lowest BCUT2D eigenvalue weighted by atomic mass is 9.95. The second-order valence-electron chi connectivity index (χ2n) is 12.0. The van der Waals surface area contributed by atoms with Gasteiger partial charge >= 0.3 is 0 Å². The summed E-state index contributed by atoms with van der Waals surface area (Å²) in [6, 6.07) is 19.5. The lowest BCUT2D eigenvalue weighted by Gasteiger charge is -2.18. The summed E-state index contributed by atoms with van der Waals surface area (Å²) in [6.07, 6.45) is 2.39. The van der Waals surface area contributed by atoms with Crippen LogP contribution in [0, 0.1) is 11.8 Å². The highest BCUT2D eigenvalue weighted by molar-refractivity contribution is 5.99. The maximum absolute atomic E-state index is 13.2. The highest BCUT2D eigenvalue weighted by Crippen LogP contribution is 2.25. The largest absolute Gasteiger partial charge is 0.330 e. The lowest BCUT2D eigenvalue weighted by molar-refractivity contribution is 0.0938. The molecule has 4 aromatic heterocycles. The van der Waals surface area contributed by atoms with Crippen molar-refractivity contribution in [1.82, 2.24) is 24.8 Å². The van der Waals surface area contributed by atoms with Crippen molar-refractivity contribution in [2.75, 3.05) is 13.6 Å². The van der Waals surface area contributed by atoms with Gasteiger partial charge in [-0.1, -0.05) is 32.9 Å². The van der Waals surface area contributed by atoms with Crippen molar-refractivity contribution < 1.29 is 9.59 Å². The summed E-state index contributed by atoms with van der Waals surface area (Å²) in [7, 11) is 2.01. The summed E-state index contributed by atoms with van der Waals surface area (Å²) >= 11 is 0. The number of hydrogen-bond acceptors (Lipinski definition) is 8. The zero-order valence-electron chi connectivity index (χ0n) is 25.5. The van der Waals surface area contributed by atoms with Gasteiger partial charge in [0.2, 0.25) is 0 Å². The van der Waals surface area contributed by atoms with Gasteiger partial charge in [-0.25, -0.2) is 9.97 Å². The minimum absolute atomic E-state index is 0.0198. The molecule has 4 aromatic rings. The van der Waals surface area contributed by atoms with Gasteiger partial charge in [-0.05, 0) is 87.3 Å². The minimum atomic E-state index is -0.162. The Kier molecular flexibility index (Phi) is 9.48. The van der Waals surface area contributed by atoms with E-state index >= 15 is 0 Å². The molecule has 0 aromatic carbocycles. The van der Waals surface area contributed by atoms with Crippen LogP contribution in [0.15, 0.2) is 60.7 Å². The average molecular weight is 577 g/mol. The molecule has 2 N–H and O–H groups in total. The fraction of sp³-hybridized carbons (Fsp3) is 0.371. The number of pyridine rings is 4. The summed E-state index contributed by atoms with van der Waals surface area (Å²) in [5.74, 6) is 0.126. The Bertz CT molecular complexity index is 1630. The van der Waals surface area contributed by atoms with E-state index < -0.39 is 0 Å². The van der Waals surface area contributed by atoms with Gasteiger partial charge < -0.3 is 5.73 Å². The molecule has 1 atom stereocenters. The van der Waals surface area contributed by atoms with E-state index in [1.807, 2.05) is 75.5 Å². The number of ketones is 2. The molecule has 8 bridgehead atoms. The third-order valence-electron chi connectivity index (χ3n) is 7.61. The van der Waals surface area contributed by atoms with E-state index in [1.165, 1.54) is 0 Å². The third kappa shape index (κ3) is 7.63. The lowest BCUT2D eigenvalue weighted by Crippen LogP contribution is -2.19. The van der Waals surface area contributed by atoms with Crippen LogP contribution in [0.4, 0.5) is 0 Å². The zero-order chi connectivity index (χ0) is 30.5. The van der Waals surface area contributed by atoms with Crippen LogP contribution in [0.5, 0.6) is 0 Å². The van der Waals surface area contributed by atoms with Crippen molar-refractivity contribution in [3.05, 3.63) is 94.6 Å². The second-order valence-corrected chi connectivity index (χ2v) is 12.0. The summed E-state index contributed by atoms with van der Waals surface area (Å²) in [4.78, 5) is 48.4. The molecule has 43 heavy (non-hydrogen) atoms. The summed E-state index contributed by atoms with van der Waals surface area (Å²) in [6.45, 7) is 7.52. The minimum Gasteiger partial charge on any atom is -0.330 e. The highest BCUT2D eigenvalue weighted by atomic mass is 16.1. The van der Waals surface area contributed by atoms with Gasteiger partial charge in [0, 0.05) is 47.9 Å². The number of hydrogen-bond donors (Lipinski definition) is 1. The zero-order valence-corrected chi connectivity index (χ0v) is 25.5.